The van der Waals surface area contributed by atoms with E-state index in [-0.39, 0.29) is 17.9 Å². The SMILES string of the molecule is NC(=O)c1cnn(-c2ccc([N+](=O)[O-])cc2CO)c1. The minimum atomic E-state index is -0.626. The molecule has 0 aliphatic carbocycles. The second-order valence-electron chi connectivity index (χ2n) is 3.77. The second kappa shape index (κ2) is 4.86. The third kappa shape index (κ3) is 2.43. The highest BCUT2D eigenvalue weighted by Crippen LogP contribution is 2.21. The first-order valence-electron chi connectivity index (χ1n) is 5.26. The number of nitrogens with two attached hydrogens (primary N) is 1. The minimum absolute atomic E-state index is 0.130. The van der Waals surface area contributed by atoms with Gasteiger partial charge < -0.3 is 10.8 Å². The maximum atomic E-state index is 11.0. The molecule has 0 atom stereocenters. The van der Waals surface area contributed by atoms with E-state index in [1.54, 1.807) is 0 Å². The van der Waals surface area contributed by atoms with Crippen molar-refractivity contribution in [2.24, 2.45) is 5.73 Å². The number of primary amides is 1. The molecule has 0 saturated heterocycles. The third-order valence-corrected chi connectivity index (χ3v) is 2.56. The fourth-order valence-electron chi connectivity index (χ4n) is 1.62. The van der Waals surface area contributed by atoms with Crippen LogP contribution in [-0.4, -0.2) is 25.7 Å². The van der Waals surface area contributed by atoms with E-state index in [0.29, 0.717) is 11.3 Å². The van der Waals surface area contributed by atoms with Crippen molar-refractivity contribution < 1.29 is 14.8 Å². The molecule has 2 aromatic rings. The van der Waals surface area contributed by atoms with E-state index < -0.39 is 10.8 Å². The van der Waals surface area contributed by atoms with Gasteiger partial charge >= 0.3 is 0 Å². The van der Waals surface area contributed by atoms with Crippen LogP contribution in [0.2, 0.25) is 0 Å². The Balaban J connectivity index is 2.48. The number of hydrogen-bond acceptors (Lipinski definition) is 5. The Hall–Kier alpha value is -2.74. The lowest BCUT2D eigenvalue weighted by molar-refractivity contribution is -0.384. The number of aliphatic hydroxyl groups excluding tert-OH is 1. The number of aliphatic hydroxyl groups is 1. The molecule has 3 N–H and O–H groups in total. The number of hydrogen-bond donors (Lipinski definition) is 2. The molecule has 2 rings (SSSR count). The van der Waals surface area contributed by atoms with Gasteiger partial charge in [0.15, 0.2) is 0 Å². The van der Waals surface area contributed by atoms with Crippen LogP contribution < -0.4 is 5.73 Å². The molecule has 0 fully saturated rings. The lowest BCUT2D eigenvalue weighted by Gasteiger charge is -2.06. The molecule has 0 saturated carbocycles. The van der Waals surface area contributed by atoms with E-state index in [4.69, 9.17) is 5.73 Å². The number of amides is 1. The Bertz CT molecular complexity index is 650. The summed E-state index contributed by atoms with van der Waals surface area (Å²) in [5.41, 5.74) is 5.96. The summed E-state index contributed by atoms with van der Waals surface area (Å²) in [6, 6.07) is 3.99. The molecule has 0 spiro atoms. The standard InChI is InChI=1S/C11H10N4O4/c12-11(17)8-4-13-14(5-8)10-2-1-9(15(18)19)3-7(10)6-16/h1-5,16H,6H2,(H2,12,17). The van der Waals surface area contributed by atoms with Gasteiger partial charge in [-0.05, 0) is 6.07 Å². The summed E-state index contributed by atoms with van der Waals surface area (Å²) in [5, 5.41) is 23.8. The van der Waals surface area contributed by atoms with Crippen molar-refractivity contribution in [1.82, 2.24) is 9.78 Å². The van der Waals surface area contributed by atoms with E-state index in [9.17, 15) is 20.0 Å². The number of nitro benzene ring substituents is 1. The molecule has 1 heterocycles. The quantitative estimate of drug-likeness (QED) is 0.608. The molecule has 19 heavy (non-hydrogen) atoms. The predicted molar refractivity (Wildman–Crippen MR) is 64.7 cm³/mol. The summed E-state index contributed by atoms with van der Waals surface area (Å²) in [6.07, 6.45) is 2.67. The van der Waals surface area contributed by atoms with Crippen LogP contribution in [0, 0.1) is 10.1 Å². The molecule has 0 aliphatic heterocycles. The van der Waals surface area contributed by atoms with Crippen molar-refractivity contribution in [3.05, 3.63) is 51.8 Å². The van der Waals surface area contributed by atoms with E-state index in [1.807, 2.05) is 0 Å². The van der Waals surface area contributed by atoms with Crippen LogP contribution in [0.25, 0.3) is 5.69 Å². The van der Waals surface area contributed by atoms with Gasteiger partial charge in [-0.3, -0.25) is 14.9 Å². The lowest BCUT2D eigenvalue weighted by Crippen LogP contribution is -2.09. The summed E-state index contributed by atoms with van der Waals surface area (Å²) < 4.78 is 1.33. The maximum absolute atomic E-state index is 11.0. The third-order valence-electron chi connectivity index (χ3n) is 2.56. The van der Waals surface area contributed by atoms with Crippen LogP contribution in [0.3, 0.4) is 0 Å². The van der Waals surface area contributed by atoms with Gasteiger partial charge in [0, 0.05) is 23.9 Å². The van der Waals surface area contributed by atoms with Crippen molar-refractivity contribution in [3.63, 3.8) is 0 Å². The molecular weight excluding hydrogens is 252 g/mol. The van der Waals surface area contributed by atoms with Gasteiger partial charge in [0.05, 0.1) is 29.0 Å². The molecule has 98 valence electrons. The molecule has 0 radical (unpaired) electrons. The van der Waals surface area contributed by atoms with Gasteiger partial charge in [0.25, 0.3) is 11.6 Å². The van der Waals surface area contributed by atoms with Crippen molar-refractivity contribution in [2.75, 3.05) is 0 Å². The molecule has 8 nitrogen and oxygen atoms in total. The van der Waals surface area contributed by atoms with E-state index in [2.05, 4.69) is 5.10 Å². The molecule has 0 unspecified atom stereocenters. The number of nitrogens with zero attached hydrogens (tertiary/aromatic N) is 3. The van der Waals surface area contributed by atoms with Crippen LogP contribution in [0.5, 0.6) is 0 Å². The number of carbonyl (C=O) groups is 1. The van der Waals surface area contributed by atoms with Crippen molar-refractivity contribution >= 4 is 11.6 Å². The van der Waals surface area contributed by atoms with E-state index in [0.717, 1.165) is 0 Å². The van der Waals surface area contributed by atoms with Crippen LogP contribution in [-0.2, 0) is 6.61 Å². The first-order chi connectivity index (χ1) is 9.02. The van der Waals surface area contributed by atoms with Gasteiger partial charge in [-0.1, -0.05) is 0 Å². The number of nitro groups is 1. The fourth-order valence-corrected chi connectivity index (χ4v) is 1.62. The normalized spacial score (nSPS) is 10.4. The van der Waals surface area contributed by atoms with Crippen LogP contribution in [0.15, 0.2) is 30.6 Å². The molecule has 0 aliphatic rings. The van der Waals surface area contributed by atoms with Crippen LogP contribution in [0.1, 0.15) is 15.9 Å². The Kier molecular flexibility index (Phi) is 3.25. The second-order valence-corrected chi connectivity index (χ2v) is 3.77. The van der Waals surface area contributed by atoms with Crippen molar-refractivity contribution in [2.45, 2.75) is 6.61 Å². The Morgan fingerprint density at radius 1 is 1.53 bits per heavy atom. The first-order valence-corrected chi connectivity index (χ1v) is 5.26. The van der Waals surface area contributed by atoms with Gasteiger partial charge in [0.1, 0.15) is 0 Å². The average Bonchev–Trinajstić information content (AvgIpc) is 2.87. The summed E-state index contributed by atoms with van der Waals surface area (Å²) in [6.45, 7) is -0.386. The number of benzene rings is 1. The monoisotopic (exact) mass is 262 g/mol. The number of carbonyl (C=O) groups excluding carboxylic acids is 1. The summed E-state index contributed by atoms with van der Waals surface area (Å²) >= 11 is 0. The molecule has 1 aromatic carbocycles. The number of aromatic nitrogens is 2. The van der Waals surface area contributed by atoms with Gasteiger partial charge in [-0.25, -0.2) is 4.68 Å². The first kappa shape index (κ1) is 12.7. The molecule has 1 aromatic heterocycles. The summed E-state index contributed by atoms with van der Waals surface area (Å²) in [7, 11) is 0. The Morgan fingerprint density at radius 2 is 2.26 bits per heavy atom. The van der Waals surface area contributed by atoms with Crippen molar-refractivity contribution in [1.29, 1.82) is 0 Å². The number of rotatable bonds is 4. The van der Waals surface area contributed by atoms with Gasteiger partial charge in [-0.2, -0.15) is 5.10 Å². The highest BCUT2D eigenvalue weighted by Gasteiger charge is 2.13. The highest BCUT2D eigenvalue weighted by molar-refractivity contribution is 5.92. The van der Waals surface area contributed by atoms with E-state index in [1.165, 1.54) is 35.3 Å². The number of non-ortho nitro benzene ring substituents is 1. The van der Waals surface area contributed by atoms with Gasteiger partial charge in [0.2, 0.25) is 0 Å². The van der Waals surface area contributed by atoms with E-state index >= 15 is 0 Å². The minimum Gasteiger partial charge on any atom is -0.392 e. The summed E-state index contributed by atoms with van der Waals surface area (Å²) in [5.74, 6) is -0.626. The lowest BCUT2D eigenvalue weighted by atomic mass is 10.1. The molecule has 1 amide bonds. The molecular formula is C11H10N4O4. The summed E-state index contributed by atoms with van der Waals surface area (Å²) in [4.78, 5) is 21.1. The smallest absolute Gasteiger partial charge is 0.269 e. The largest absolute Gasteiger partial charge is 0.392 e. The fraction of sp³-hybridized carbons (Fsp3) is 0.0909. The van der Waals surface area contributed by atoms with Crippen LogP contribution >= 0.6 is 0 Å². The topological polar surface area (TPSA) is 124 Å². The zero-order chi connectivity index (χ0) is 14.0. The predicted octanol–water partition coefficient (Wildman–Crippen LogP) is 0.372. The zero-order valence-electron chi connectivity index (χ0n) is 9.68. The molecule has 8 heteroatoms. The maximum Gasteiger partial charge on any atom is 0.269 e. The van der Waals surface area contributed by atoms with Gasteiger partial charge in [-0.15, -0.1) is 0 Å². The Morgan fingerprint density at radius 3 is 2.79 bits per heavy atom. The zero-order valence-corrected chi connectivity index (χ0v) is 9.68. The van der Waals surface area contributed by atoms with Crippen molar-refractivity contribution in [3.8, 4) is 5.69 Å². The highest BCUT2D eigenvalue weighted by atomic mass is 16.6. The average molecular weight is 262 g/mol. The Labute approximate surface area is 107 Å². The molecule has 0 bridgehead atoms. The van der Waals surface area contributed by atoms with Crippen LogP contribution in [0.4, 0.5) is 5.69 Å².